The molecule has 0 bridgehead atoms. The van der Waals surface area contributed by atoms with Gasteiger partial charge in [0.1, 0.15) is 4.88 Å². The van der Waals surface area contributed by atoms with E-state index in [9.17, 15) is 9.59 Å². The average molecular weight is 396 g/mol. The summed E-state index contributed by atoms with van der Waals surface area (Å²) in [6, 6.07) is 15.5. The molecule has 0 unspecified atom stereocenters. The zero-order valence-corrected chi connectivity index (χ0v) is 17.0. The number of aryl methyl sites for hydroxylation is 1. The number of thiophene rings is 1. The molecule has 0 atom stereocenters. The fourth-order valence-corrected chi connectivity index (χ4v) is 3.86. The Morgan fingerprint density at radius 1 is 1.11 bits per heavy atom. The van der Waals surface area contributed by atoms with E-state index in [0.717, 1.165) is 21.7 Å². The summed E-state index contributed by atoms with van der Waals surface area (Å²) in [6.07, 6.45) is 1.87. The van der Waals surface area contributed by atoms with E-state index in [0.29, 0.717) is 10.6 Å². The number of carbonyl (C=O) groups is 2. The topological polar surface area (TPSA) is 59.3 Å². The van der Waals surface area contributed by atoms with Gasteiger partial charge in [-0.1, -0.05) is 30.3 Å². The predicted octanol–water partition coefficient (Wildman–Crippen LogP) is 4.13. The van der Waals surface area contributed by atoms with Gasteiger partial charge in [0.05, 0.1) is 12.3 Å². The summed E-state index contributed by atoms with van der Waals surface area (Å²) in [6.45, 7) is 6.20. The zero-order valence-electron chi connectivity index (χ0n) is 16.2. The van der Waals surface area contributed by atoms with Crippen molar-refractivity contribution in [1.29, 1.82) is 0 Å². The van der Waals surface area contributed by atoms with E-state index in [1.54, 1.807) is 6.92 Å². The van der Waals surface area contributed by atoms with Gasteiger partial charge in [0.2, 0.25) is 6.54 Å². The lowest BCUT2D eigenvalue weighted by molar-refractivity contribution is -0.690. The Morgan fingerprint density at radius 2 is 1.86 bits per heavy atom. The molecule has 0 fully saturated rings. The molecule has 0 saturated heterocycles. The van der Waals surface area contributed by atoms with Gasteiger partial charge >= 0.3 is 5.97 Å². The highest BCUT2D eigenvalue weighted by atomic mass is 32.1. The van der Waals surface area contributed by atoms with Crippen molar-refractivity contribution < 1.29 is 18.9 Å². The van der Waals surface area contributed by atoms with Gasteiger partial charge < -0.3 is 10.1 Å². The number of pyridine rings is 1. The summed E-state index contributed by atoms with van der Waals surface area (Å²) >= 11 is 1.32. The number of nitrogens with one attached hydrogen (secondary N) is 1. The van der Waals surface area contributed by atoms with E-state index in [1.807, 2.05) is 73.1 Å². The van der Waals surface area contributed by atoms with Crippen molar-refractivity contribution in [3.8, 4) is 10.4 Å². The van der Waals surface area contributed by atoms with Gasteiger partial charge in [0.25, 0.3) is 5.91 Å². The molecule has 0 radical (unpaired) electrons. The normalized spacial score (nSPS) is 10.5. The van der Waals surface area contributed by atoms with E-state index in [1.165, 1.54) is 11.3 Å². The maximum absolute atomic E-state index is 12.6. The molecule has 0 aliphatic heterocycles. The highest BCUT2D eigenvalue weighted by Crippen LogP contribution is 2.35. The van der Waals surface area contributed by atoms with E-state index >= 15 is 0 Å². The number of aromatic nitrogens is 1. The van der Waals surface area contributed by atoms with E-state index in [2.05, 4.69) is 5.32 Å². The van der Waals surface area contributed by atoms with Crippen molar-refractivity contribution in [1.82, 2.24) is 0 Å². The monoisotopic (exact) mass is 395 g/mol. The van der Waals surface area contributed by atoms with Crippen LogP contribution in [-0.2, 0) is 16.1 Å². The Balaban J connectivity index is 1.87. The lowest BCUT2D eigenvalue weighted by Crippen LogP contribution is -2.43. The van der Waals surface area contributed by atoms with Gasteiger partial charge in [0, 0.05) is 23.4 Å². The van der Waals surface area contributed by atoms with Crippen molar-refractivity contribution in [2.24, 2.45) is 0 Å². The number of ether oxygens (including phenoxy) is 1. The van der Waals surface area contributed by atoms with Crippen molar-refractivity contribution >= 4 is 28.9 Å². The lowest BCUT2D eigenvalue weighted by atomic mass is 10.2. The highest BCUT2D eigenvalue weighted by molar-refractivity contribution is 7.18. The number of carbonyl (C=O) groups excluding carboxylic acids is 2. The molecule has 0 aliphatic carbocycles. The van der Waals surface area contributed by atoms with Gasteiger partial charge in [-0.05, 0) is 31.5 Å². The molecule has 3 aromatic rings. The summed E-state index contributed by atoms with van der Waals surface area (Å²) in [4.78, 5) is 26.3. The minimum absolute atomic E-state index is 0.173. The molecule has 0 saturated carbocycles. The minimum atomic E-state index is -0.427. The summed E-state index contributed by atoms with van der Waals surface area (Å²) in [5.74, 6) is -0.619. The van der Waals surface area contributed by atoms with Gasteiger partial charge in [-0.2, -0.15) is 4.57 Å². The Labute approximate surface area is 168 Å². The molecule has 1 amide bonds. The number of hydrogen-bond acceptors (Lipinski definition) is 4. The third-order valence-corrected chi connectivity index (χ3v) is 5.62. The van der Waals surface area contributed by atoms with Gasteiger partial charge in [-0.25, -0.2) is 4.79 Å². The summed E-state index contributed by atoms with van der Waals surface area (Å²) in [5, 5.41) is 2.88. The van der Waals surface area contributed by atoms with Gasteiger partial charge in [0.15, 0.2) is 11.9 Å². The van der Waals surface area contributed by atoms with Crippen LogP contribution in [0.25, 0.3) is 10.4 Å². The first-order chi connectivity index (χ1) is 13.5. The molecule has 144 valence electrons. The fraction of sp³-hybridized carbons (Fsp3) is 0.227. The summed E-state index contributed by atoms with van der Waals surface area (Å²) < 4.78 is 7.06. The first-order valence-corrected chi connectivity index (χ1v) is 9.93. The molecule has 2 heterocycles. The number of nitrogens with zero attached hydrogens (tertiary/aromatic N) is 1. The van der Waals surface area contributed by atoms with E-state index < -0.39 is 5.97 Å². The second-order valence-electron chi connectivity index (χ2n) is 6.39. The zero-order chi connectivity index (χ0) is 20.1. The summed E-state index contributed by atoms with van der Waals surface area (Å²) in [7, 11) is 0. The van der Waals surface area contributed by atoms with Crippen molar-refractivity contribution in [3.63, 3.8) is 0 Å². The third-order valence-electron chi connectivity index (χ3n) is 4.45. The van der Waals surface area contributed by atoms with Crippen LogP contribution in [0.1, 0.15) is 27.9 Å². The highest BCUT2D eigenvalue weighted by Gasteiger charge is 2.22. The average Bonchev–Trinajstić information content (AvgIpc) is 3.10. The number of rotatable bonds is 6. The quantitative estimate of drug-likeness (QED) is 0.504. The van der Waals surface area contributed by atoms with Crippen LogP contribution in [0.15, 0.2) is 54.7 Å². The smallest absolute Gasteiger partial charge is 0.350 e. The van der Waals surface area contributed by atoms with Crippen LogP contribution in [0.3, 0.4) is 0 Å². The van der Waals surface area contributed by atoms with E-state index in [-0.39, 0.29) is 19.1 Å². The largest absolute Gasteiger partial charge is 0.462 e. The molecule has 0 aliphatic rings. The molecule has 5 nitrogen and oxygen atoms in total. The molecule has 3 rings (SSSR count). The Bertz CT molecular complexity index is 996. The molecule has 0 spiro atoms. The van der Waals surface area contributed by atoms with Crippen LogP contribution >= 0.6 is 11.3 Å². The fourth-order valence-electron chi connectivity index (χ4n) is 2.84. The SMILES string of the molecule is CCOC(=O)c1sc(-c2ccccc2)cc1NC(=O)C[n+]1cccc(C)c1C. The maximum Gasteiger partial charge on any atom is 0.350 e. The van der Waals surface area contributed by atoms with Crippen LogP contribution in [0.2, 0.25) is 0 Å². The van der Waals surface area contributed by atoms with Crippen LogP contribution in [-0.4, -0.2) is 18.5 Å². The maximum atomic E-state index is 12.6. The first kappa shape index (κ1) is 19.8. The lowest BCUT2D eigenvalue weighted by Gasteiger charge is -2.06. The Hall–Kier alpha value is -2.99. The molecule has 28 heavy (non-hydrogen) atoms. The molecular formula is C22H23N2O3S+. The molecule has 2 aromatic heterocycles. The first-order valence-electron chi connectivity index (χ1n) is 9.11. The van der Waals surface area contributed by atoms with Crippen LogP contribution in [0.5, 0.6) is 0 Å². The van der Waals surface area contributed by atoms with Crippen LogP contribution < -0.4 is 9.88 Å². The summed E-state index contributed by atoms with van der Waals surface area (Å²) in [5.41, 5.74) is 3.61. The second kappa shape index (κ2) is 8.80. The predicted molar refractivity (Wildman–Crippen MR) is 110 cm³/mol. The number of esters is 1. The standard InChI is InChI=1S/C22H22N2O3S/c1-4-27-22(26)21-18(13-19(28-21)17-10-6-5-7-11-17)23-20(25)14-24-12-8-9-15(2)16(24)3/h5-13H,4,14H2,1-3H3/p+1. The van der Waals surface area contributed by atoms with Gasteiger partial charge in [-0.3, -0.25) is 4.79 Å². The molecular weight excluding hydrogens is 372 g/mol. The van der Waals surface area contributed by atoms with Crippen molar-refractivity contribution in [3.05, 3.63) is 70.9 Å². The number of amides is 1. The third kappa shape index (κ3) is 4.46. The van der Waals surface area contributed by atoms with E-state index in [4.69, 9.17) is 4.74 Å². The molecule has 1 aromatic carbocycles. The Morgan fingerprint density at radius 3 is 2.57 bits per heavy atom. The van der Waals surface area contributed by atoms with Crippen molar-refractivity contribution in [2.75, 3.05) is 11.9 Å². The Kier molecular flexibility index (Phi) is 6.21. The number of anilines is 1. The van der Waals surface area contributed by atoms with Crippen molar-refractivity contribution in [2.45, 2.75) is 27.3 Å². The molecule has 1 N–H and O–H groups in total. The van der Waals surface area contributed by atoms with Crippen LogP contribution in [0.4, 0.5) is 5.69 Å². The second-order valence-corrected chi connectivity index (χ2v) is 7.44. The number of benzene rings is 1. The minimum Gasteiger partial charge on any atom is -0.462 e. The van der Waals surface area contributed by atoms with Gasteiger partial charge in [-0.15, -0.1) is 11.3 Å². The number of hydrogen-bond donors (Lipinski definition) is 1. The molecule has 6 heteroatoms. The van der Waals surface area contributed by atoms with Crippen LogP contribution in [0, 0.1) is 13.8 Å².